The minimum Gasteiger partial charge on any atom is -0.361 e. The molecule has 0 saturated carbocycles. The lowest BCUT2D eigenvalue weighted by Crippen LogP contribution is -2.19. The van der Waals surface area contributed by atoms with Gasteiger partial charge in [-0.3, -0.25) is 0 Å². The summed E-state index contributed by atoms with van der Waals surface area (Å²) in [6, 6.07) is 6.34. The fraction of sp³-hybridized carbons (Fsp3) is 0.400. The van der Waals surface area contributed by atoms with Crippen LogP contribution in [0, 0.1) is 20.8 Å². The summed E-state index contributed by atoms with van der Waals surface area (Å²) in [6.45, 7) is 8.79. The third kappa shape index (κ3) is 3.17. The molecule has 0 aliphatic heterocycles. The van der Waals surface area contributed by atoms with Crippen LogP contribution in [0.15, 0.2) is 22.7 Å². The monoisotopic (exact) mass is 278 g/mol. The van der Waals surface area contributed by atoms with E-state index in [1.807, 2.05) is 32.9 Å². The topological polar surface area (TPSA) is 38.1 Å². The van der Waals surface area contributed by atoms with Crippen LogP contribution in [0.5, 0.6) is 0 Å². The summed E-state index contributed by atoms with van der Waals surface area (Å²) < 4.78 is 5.19. The second-order valence-corrected chi connectivity index (χ2v) is 5.33. The lowest BCUT2D eigenvalue weighted by atomic mass is 10.1. The number of nitrogens with zero attached hydrogens (tertiary/aromatic N) is 1. The molecule has 0 radical (unpaired) electrons. The number of aromatic nitrogens is 1. The summed E-state index contributed by atoms with van der Waals surface area (Å²) >= 11 is 6.13. The number of hydrogen-bond donors (Lipinski definition) is 1. The normalized spacial score (nSPS) is 12.7. The molecule has 0 fully saturated rings. The first kappa shape index (κ1) is 14.1. The van der Waals surface area contributed by atoms with Gasteiger partial charge in [0.15, 0.2) is 0 Å². The molecule has 3 nitrogen and oxygen atoms in total. The van der Waals surface area contributed by atoms with E-state index in [4.69, 9.17) is 16.1 Å². The third-order valence-electron chi connectivity index (χ3n) is 3.37. The zero-order valence-corrected chi connectivity index (χ0v) is 12.5. The summed E-state index contributed by atoms with van der Waals surface area (Å²) in [4.78, 5) is 0. The molecule has 1 atom stereocenters. The molecular formula is C15H19ClN2O. The van der Waals surface area contributed by atoms with Crippen LogP contribution in [-0.4, -0.2) is 5.16 Å². The first-order valence-electron chi connectivity index (χ1n) is 6.40. The number of halogens is 1. The maximum Gasteiger partial charge on any atom is 0.138 e. The van der Waals surface area contributed by atoms with Crippen molar-refractivity contribution in [1.82, 2.24) is 10.5 Å². The predicted molar refractivity (Wildman–Crippen MR) is 77.4 cm³/mol. The van der Waals surface area contributed by atoms with Crippen LogP contribution in [0.2, 0.25) is 5.02 Å². The minimum atomic E-state index is 0.200. The third-order valence-corrected chi connectivity index (χ3v) is 3.78. The smallest absolute Gasteiger partial charge is 0.138 e. The Morgan fingerprint density at radius 3 is 2.63 bits per heavy atom. The Morgan fingerprint density at radius 1 is 1.32 bits per heavy atom. The van der Waals surface area contributed by atoms with Gasteiger partial charge in [0.1, 0.15) is 5.76 Å². The molecule has 2 rings (SSSR count). The summed E-state index contributed by atoms with van der Waals surface area (Å²) in [5.74, 6) is 0.874. The lowest BCUT2D eigenvalue weighted by Gasteiger charge is -2.14. The van der Waals surface area contributed by atoms with Crippen LogP contribution >= 0.6 is 11.6 Å². The van der Waals surface area contributed by atoms with Crippen LogP contribution < -0.4 is 5.32 Å². The number of aryl methyl sites for hydroxylation is 3. The molecular weight excluding hydrogens is 260 g/mol. The highest BCUT2D eigenvalue weighted by atomic mass is 35.5. The highest BCUT2D eigenvalue weighted by Gasteiger charge is 2.15. The van der Waals surface area contributed by atoms with Crippen molar-refractivity contribution in [2.75, 3.05) is 0 Å². The van der Waals surface area contributed by atoms with Crippen molar-refractivity contribution in [1.29, 1.82) is 0 Å². The average Bonchev–Trinajstić information content (AvgIpc) is 2.70. The maximum absolute atomic E-state index is 6.13. The average molecular weight is 279 g/mol. The molecule has 0 spiro atoms. The van der Waals surface area contributed by atoms with Gasteiger partial charge < -0.3 is 9.84 Å². The number of benzene rings is 1. The predicted octanol–water partition coefficient (Wildman–Crippen LogP) is 4.10. The molecule has 0 aliphatic rings. The molecule has 0 amide bonds. The largest absolute Gasteiger partial charge is 0.361 e. The summed E-state index contributed by atoms with van der Waals surface area (Å²) in [6.07, 6.45) is 0. The summed E-state index contributed by atoms with van der Waals surface area (Å²) in [7, 11) is 0. The van der Waals surface area contributed by atoms with E-state index in [2.05, 4.69) is 23.5 Å². The Bertz CT molecular complexity index is 558. The van der Waals surface area contributed by atoms with E-state index in [1.54, 1.807) is 0 Å². The van der Waals surface area contributed by atoms with Gasteiger partial charge >= 0.3 is 0 Å². The summed E-state index contributed by atoms with van der Waals surface area (Å²) in [5, 5.41) is 8.26. The van der Waals surface area contributed by atoms with Crippen molar-refractivity contribution in [3.63, 3.8) is 0 Å². The highest BCUT2D eigenvalue weighted by Crippen LogP contribution is 2.22. The van der Waals surface area contributed by atoms with Crippen molar-refractivity contribution in [2.45, 2.75) is 40.3 Å². The van der Waals surface area contributed by atoms with Crippen molar-refractivity contribution < 1.29 is 4.52 Å². The quantitative estimate of drug-likeness (QED) is 0.915. The Hall–Kier alpha value is -1.32. The first-order valence-corrected chi connectivity index (χ1v) is 6.78. The summed E-state index contributed by atoms with van der Waals surface area (Å²) in [5.41, 5.74) is 4.36. The van der Waals surface area contributed by atoms with Gasteiger partial charge in [-0.1, -0.05) is 28.9 Å². The maximum atomic E-state index is 6.13. The second kappa shape index (κ2) is 5.76. The molecule has 0 saturated heterocycles. The van der Waals surface area contributed by atoms with Gasteiger partial charge in [0.05, 0.1) is 5.69 Å². The molecule has 102 valence electrons. The fourth-order valence-electron chi connectivity index (χ4n) is 2.23. The van der Waals surface area contributed by atoms with Gasteiger partial charge in [-0.15, -0.1) is 0 Å². The van der Waals surface area contributed by atoms with Crippen molar-refractivity contribution in [3.8, 4) is 0 Å². The Labute approximate surface area is 118 Å². The van der Waals surface area contributed by atoms with E-state index in [0.717, 1.165) is 34.1 Å². The van der Waals surface area contributed by atoms with E-state index in [1.165, 1.54) is 5.56 Å². The molecule has 1 N–H and O–H groups in total. The molecule has 4 heteroatoms. The van der Waals surface area contributed by atoms with E-state index in [9.17, 15) is 0 Å². The standard InChI is InChI=1S/C15H19ClN2O/c1-9-5-6-13(7-14(9)16)8-17-10(2)15-11(3)18-19-12(15)4/h5-7,10,17H,8H2,1-4H3. The van der Waals surface area contributed by atoms with E-state index < -0.39 is 0 Å². The number of nitrogens with one attached hydrogen (secondary N) is 1. The van der Waals surface area contributed by atoms with Gasteiger partial charge in [-0.2, -0.15) is 0 Å². The van der Waals surface area contributed by atoms with Gasteiger partial charge in [-0.05, 0) is 44.9 Å². The van der Waals surface area contributed by atoms with Crippen molar-refractivity contribution >= 4 is 11.6 Å². The molecule has 2 aromatic rings. The van der Waals surface area contributed by atoms with Crippen molar-refractivity contribution in [3.05, 3.63) is 51.4 Å². The van der Waals surface area contributed by atoms with Crippen molar-refractivity contribution in [2.24, 2.45) is 0 Å². The van der Waals surface area contributed by atoms with Gasteiger partial charge in [-0.25, -0.2) is 0 Å². The Kier molecular flexibility index (Phi) is 4.27. The SMILES string of the molecule is Cc1ccc(CNC(C)c2c(C)noc2C)cc1Cl. The number of hydrogen-bond acceptors (Lipinski definition) is 3. The first-order chi connectivity index (χ1) is 8.99. The van der Waals surface area contributed by atoms with Crippen LogP contribution in [0.1, 0.15) is 41.1 Å². The second-order valence-electron chi connectivity index (χ2n) is 4.92. The zero-order valence-electron chi connectivity index (χ0n) is 11.7. The van der Waals surface area contributed by atoms with Gasteiger partial charge in [0.25, 0.3) is 0 Å². The van der Waals surface area contributed by atoms with E-state index in [0.29, 0.717) is 0 Å². The van der Waals surface area contributed by atoms with E-state index in [-0.39, 0.29) is 6.04 Å². The zero-order chi connectivity index (χ0) is 14.0. The highest BCUT2D eigenvalue weighted by molar-refractivity contribution is 6.31. The molecule has 0 bridgehead atoms. The van der Waals surface area contributed by atoms with Gasteiger partial charge in [0.2, 0.25) is 0 Å². The van der Waals surface area contributed by atoms with E-state index >= 15 is 0 Å². The van der Waals surface area contributed by atoms with Crippen LogP contribution in [-0.2, 0) is 6.54 Å². The molecule has 1 unspecified atom stereocenters. The minimum absolute atomic E-state index is 0.200. The Balaban J connectivity index is 2.04. The molecule has 1 heterocycles. The lowest BCUT2D eigenvalue weighted by molar-refractivity contribution is 0.390. The molecule has 1 aromatic heterocycles. The van der Waals surface area contributed by atoms with Gasteiger partial charge in [0, 0.05) is 23.2 Å². The van der Waals surface area contributed by atoms with Crippen LogP contribution in [0.4, 0.5) is 0 Å². The van der Waals surface area contributed by atoms with Crippen LogP contribution in [0.3, 0.4) is 0 Å². The Morgan fingerprint density at radius 2 is 2.05 bits per heavy atom. The number of rotatable bonds is 4. The fourth-order valence-corrected chi connectivity index (χ4v) is 2.43. The molecule has 0 aliphatic carbocycles. The molecule has 1 aromatic carbocycles. The molecule has 19 heavy (non-hydrogen) atoms. The van der Waals surface area contributed by atoms with Crippen LogP contribution in [0.25, 0.3) is 0 Å².